The number of benzene rings is 2. The van der Waals surface area contributed by atoms with Crippen LogP contribution in [-0.4, -0.2) is 5.78 Å². The van der Waals surface area contributed by atoms with E-state index >= 15 is 0 Å². The van der Waals surface area contributed by atoms with Gasteiger partial charge in [0.15, 0.2) is 0 Å². The van der Waals surface area contributed by atoms with Gasteiger partial charge in [-0.15, -0.1) is 0 Å². The lowest BCUT2D eigenvalue weighted by atomic mass is 9.85. The number of unbranched alkanes of at least 4 members (excludes halogenated alkanes) is 11. The van der Waals surface area contributed by atoms with Gasteiger partial charge in [0.25, 0.3) is 0 Å². The molecule has 1 nitrogen and oxygen atoms in total. The fraction of sp³-hybridized carbons (Fsp3) is 0.536. The SMILES string of the molecule is CCCCCCCCCCCCCCC(=O)C(c1ccccc1)c1ccccc1. The van der Waals surface area contributed by atoms with Crippen LogP contribution in [0.2, 0.25) is 0 Å². The highest BCUT2D eigenvalue weighted by molar-refractivity contribution is 5.89. The predicted octanol–water partition coefficient (Wildman–Crippen LogP) is 8.48. The maximum atomic E-state index is 13.0. The lowest BCUT2D eigenvalue weighted by Gasteiger charge is -2.17. The second-order valence-corrected chi connectivity index (χ2v) is 8.36. The van der Waals surface area contributed by atoms with Gasteiger partial charge < -0.3 is 0 Å². The monoisotopic (exact) mass is 392 g/mol. The first-order chi connectivity index (χ1) is 14.3. The van der Waals surface area contributed by atoms with Gasteiger partial charge in [0, 0.05) is 6.42 Å². The highest BCUT2D eigenvalue weighted by atomic mass is 16.1. The summed E-state index contributed by atoms with van der Waals surface area (Å²) >= 11 is 0. The number of carbonyl (C=O) groups is 1. The normalized spacial score (nSPS) is 11.1. The van der Waals surface area contributed by atoms with Crippen LogP contribution < -0.4 is 0 Å². The molecule has 158 valence electrons. The minimum atomic E-state index is -0.120. The van der Waals surface area contributed by atoms with E-state index in [1.54, 1.807) is 0 Å². The smallest absolute Gasteiger partial charge is 0.144 e. The van der Waals surface area contributed by atoms with Gasteiger partial charge >= 0.3 is 0 Å². The number of carbonyl (C=O) groups excluding carboxylic acids is 1. The van der Waals surface area contributed by atoms with Crippen LogP contribution in [0.5, 0.6) is 0 Å². The third-order valence-corrected chi connectivity index (χ3v) is 5.86. The highest BCUT2D eigenvalue weighted by Gasteiger charge is 2.21. The van der Waals surface area contributed by atoms with E-state index in [9.17, 15) is 4.79 Å². The van der Waals surface area contributed by atoms with Gasteiger partial charge in [0.2, 0.25) is 0 Å². The van der Waals surface area contributed by atoms with E-state index in [2.05, 4.69) is 31.2 Å². The molecule has 2 rings (SSSR count). The Morgan fingerprint density at radius 1 is 0.586 bits per heavy atom. The van der Waals surface area contributed by atoms with Crippen molar-refractivity contribution in [2.45, 2.75) is 96.3 Å². The first kappa shape index (κ1) is 23.4. The zero-order valence-electron chi connectivity index (χ0n) is 18.5. The third-order valence-electron chi connectivity index (χ3n) is 5.86. The Hall–Kier alpha value is -1.89. The molecule has 0 aliphatic rings. The topological polar surface area (TPSA) is 17.1 Å². The van der Waals surface area contributed by atoms with Crippen LogP contribution in [0.3, 0.4) is 0 Å². The Morgan fingerprint density at radius 2 is 0.966 bits per heavy atom. The molecule has 1 heteroatoms. The molecule has 0 atom stereocenters. The van der Waals surface area contributed by atoms with Crippen molar-refractivity contribution in [2.75, 3.05) is 0 Å². The van der Waals surface area contributed by atoms with Gasteiger partial charge in [0.05, 0.1) is 5.92 Å². The van der Waals surface area contributed by atoms with Crippen molar-refractivity contribution in [3.05, 3.63) is 71.8 Å². The molecule has 0 bridgehead atoms. The Morgan fingerprint density at radius 3 is 1.38 bits per heavy atom. The van der Waals surface area contributed by atoms with Crippen LogP contribution in [0.25, 0.3) is 0 Å². The van der Waals surface area contributed by atoms with Crippen molar-refractivity contribution in [3.8, 4) is 0 Å². The first-order valence-electron chi connectivity index (χ1n) is 12.0. The number of ketones is 1. The number of Topliss-reactive ketones (excluding diaryl/α,β-unsaturated/α-hetero) is 1. The lowest BCUT2D eigenvalue weighted by Crippen LogP contribution is -2.14. The molecule has 2 aromatic carbocycles. The minimum absolute atomic E-state index is 0.120. The molecular weight excluding hydrogens is 352 g/mol. The van der Waals surface area contributed by atoms with Crippen LogP contribution in [0, 0.1) is 0 Å². The van der Waals surface area contributed by atoms with Gasteiger partial charge in [-0.05, 0) is 17.5 Å². The average Bonchev–Trinajstić information content (AvgIpc) is 2.76. The predicted molar refractivity (Wildman–Crippen MR) is 125 cm³/mol. The molecule has 0 saturated heterocycles. The zero-order valence-corrected chi connectivity index (χ0v) is 18.5. The van der Waals surface area contributed by atoms with Gasteiger partial charge in [-0.3, -0.25) is 4.79 Å². The largest absolute Gasteiger partial charge is 0.299 e. The maximum absolute atomic E-state index is 13.0. The van der Waals surface area contributed by atoms with E-state index in [1.165, 1.54) is 70.6 Å². The maximum Gasteiger partial charge on any atom is 0.144 e. The number of hydrogen-bond donors (Lipinski definition) is 0. The average molecular weight is 393 g/mol. The molecule has 0 aliphatic heterocycles. The lowest BCUT2D eigenvalue weighted by molar-refractivity contribution is -0.119. The zero-order chi connectivity index (χ0) is 20.6. The summed E-state index contributed by atoms with van der Waals surface area (Å²) in [5.74, 6) is 0.236. The molecular formula is C28H40O. The Balaban J connectivity index is 1.64. The van der Waals surface area contributed by atoms with Gasteiger partial charge in [-0.25, -0.2) is 0 Å². The van der Waals surface area contributed by atoms with E-state index in [1.807, 2.05) is 36.4 Å². The summed E-state index contributed by atoms with van der Waals surface area (Å²) < 4.78 is 0. The van der Waals surface area contributed by atoms with Crippen molar-refractivity contribution < 1.29 is 4.79 Å². The van der Waals surface area contributed by atoms with Crippen molar-refractivity contribution in [1.82, 2.24) is 0 Å². The summed E-state index contributed by atoms with van der Waals surface area (Å²) in [6.07, 6.45) is 16.6. The Labute approximate surface area is 178 Å². The van der Waals surface area contributed by atoms with Gasteiger partial charge in [-0.2, -0.15) is 0 Å². The van der Waals surface area contributed by atoms with Crippen molar-refractivity contribution >= 4 is 5.78 Å². The molecule has 0 N–H and O–H groups in total. The van der Waals surface area contributed by atoms with Crippen molar-refractivity contribution in [2.24, 2.45) is 0 Å². The van der Waals surface area contributed by atoms with E-state index in [0.29, 0.717) is 12.2 Å². The van der Waals surface area contributed by atoms with Gasteiger partial charge in [-0.1, -0.05) is 138 Å². The fourth-order valence-corrected chi connectivity index (χ4v) is 4.14. The molecule has 0 saturated carbocycles. The molecule has 0 fully saturated rings. The van der Waals surface area contributed by atoms with E-state index in [0.717, 1.165) is 17.5 Å². The standard InChI is InChI=1S/C28H40O/c1-2-3-4-5-6-7-8-9-10-11-12-19-24-27(29)28(25-20-15-13-16-21-25)26-22-17-14-18-23-26/h13-18,20-23,28H,2-12,19,24H2,1H3. The number of hydrogen-bond acceptors (Lipinski definition) is 1. The molecule has 0 unspecified atom stereocenters. The Bertz CT molecular complexity index is 607. The van der Waals surface area contributed by atoms with Crippen LogP contribution in [-0.2, 0) is 4.79 Å². The van der Waals surface area contributed by atoms with Gasteiger partial charge in [0.1, 0.15) is 5.78 Å². The minimum Gasteiger partial charge on any atom is -0.299 e. The molecule has 0 radical (unpaired) electrons. The van der Waals surface area contributed by atoms with E-state index < -0.39 is 0 Å². The van der Waals surface area contributed by atoms with Crippen LogP contribution in [0.4, 0.5) is 0 Å². The van der Waals surface area contributed by atoms with Crippen LogP contribution in [0.15, 0.2) is 60.7 Å². The summed E-state index contributed by atoms with van der Waals surface area (Å²) in [5.41, 5.74) is 2.23. The quantitative estimate of drug-likeness (QED) is 0.262. The summed E-state index contributed by atoms with van der Waals surface area (Å²) in [6.45, 7) is 2.27. The molecule has 0 aromatic heterocycles. The van der Waals surface area contributed by atoms with E-state index in [-0.39, 0.29) is 5.92 Å². The first-order valence-corrected chi connectivity index (χ1v) is 12.0. The second kappa shape index (κ2) is 15.0. The van der Waals surface area contributed by atoms with Crippen molar-refractivity contribution in [1.29, 1.82) is 0 Å². The highest BCUT2D eigenvalue weighted by Crippen LogP contribution is 2.27. The summed E-state index contributed by atoms with van der Waals surface area (Å²) in [5, 5.41) is 0. The van der Waals surface area contributed by atoms with Crippen molar-refractivity contribution in [3.63, 3.8) is 0 Å². The summed E-state index contributed by atoms with van der Waals surface area (Å²) in [7, 11) is 0. The summed E-state index contributed by atoms with van der Waals surface area (Å²) in [6, 6.07) is 20.5. The third kappa shape index (κ3) is 9.43. The number of rotatable bonds is 16. The van der Waals surface area contributed by atoms with Crippen LogP contribution >= 0.6 is 0 Å². The molecule has 0 aliphatic carbocycles. The molecule has 29 heavy (non-hydrogen) atoms. The molecule has 0 amide bonds. The molecule has 2 aromatic rings. The second-order valence-electron chi connectivity index (χ2n) is 8.36. The fourth-order valence-electron chi connectivity index (χ4n) is 4.14. The molecule has 0 heterocycles. The molecule has 0 spiro atoms. The summed E-state index contributed by atoms with van der Waals surface area (Å²) in [4.78, 5) is 13.0. The van der Waals surface area contributed by atoms with E-state index in [4.69, 9.17) is 0 Å². The van der Waals surface area contributed by atoms with Crippen LogP contribution in [0.1, 0.15) is 107 Å². The Kier molecular flexibility index (Phi) is 12.1.